The molecular weight excluding hydrogens is 586 g/mol. The van der Waals surface area contributed by atoms with Crippen LogP contribution in [0.15, 0.2) is 23.0 Å². The quantitative estimate of drug-likeness (QED) is 0.341. The van der Waals surface area contributed by atoms with Gasteiger partial charge in [0.05, 0.1) is 0 Å². The molecule has 8 rings (SSSR count). The molecule has 0 aliphatic heterocycles. The summed E-state index contributed by atoms with van der Waals surface area (Å²) in [6, 6.07) is 2.24. The van der Waals surface area contributed by atoms with Gasteiger partial charge in [0, 0.05) is 5.41 Å². The van der Waals surface area contributed by atoms with Gasteiger partial charge in [0.2, 0.25) is 0 Å². The van der Waals surface area contributed by atoms with Crippen LogP contribution in [0.1, 0.15) is 96.7 Å². The molecule has 0 atom stereocenters. The molecule has 2 aromatic rings. The minimum atomic E-state index is -2.38. The first-order chi connectivity index (χ1) is 17.6. The molecule has 0 radical (unpaired) electrons. The van der Waals surface area contributed by atoms with Crippen molar-refractivity contribution in [2.24, 2.45) is 10.8 Å². The molecule has 6 aliphatic rings. The third-order valence-corrected chi connectivity index (χ3v) is 16.0. The fourth-order valence-corrected chi connectivity index (χ4v) is 10.7. The maximum absolute atomic E-state index is 14.3. The van der Waals surface area contributed by atoms with Gasteiger partial charge in [-0.05, 0) is 0 Å². The third-order valence-electron chi connectivity index (χ3n) is 10.2. The van der Waals surface area contributed by atoms with Crippen LogP contribution in [-0.2, 0) is 15.6 Å². The molecule has 2 heterocycles. The van der Waals surface area contributed by atoms with Gasteiger partial charge in [0.1, 0.15) is 0 Å². The van der Waals surface area contributed by atoms with Gasteiger partial charge >= 0.3 is 205 Å². The van der Waals surface area contributed by atoms with Crippen molar-refractivity contribution in [1.29, 1.82) is 0 Å². The van der Waals surface area contributed by atoms with E-state index in [2.05, 4.69) is 51.8 Å². The number of nitrogens with zero attached hydrogens (tertiary/aromatic N) is 4. The number of rotatable bonds is 7. The SMILES string of the molecule is CC(C)(C)c1nc(C23CCC(CN(C(=O)CC45CC(F)(C4)C5)c4cnc[c]([Sn]([CH3])([CH3])[CH3])c4)(CC2)CC3)no1. The fraction of sp³-hybridized carbons (Fsp3) is 0.733. The molecule has 0 spiro atoms. The van der Waals surface area contributed by atoms with E-state index in [-0.39, 0.29) is 27.6 Å². The number of pyridine rings is 1. The average Bonchev–Trinajstić information content (AvgIpc) is 3.34. The molecule has 6 fully saturated rings. The molecule has 6 nitrogen and oxygen atoms in total. The molecule has 6 aliphatic carbocycles. The number of anilines is 1. The summed E-state index contributed by atoms with van der Waals surface area (Å²) in [4.78, 5) is 32.6. The van der Waals surface area contributed by atoms with Crippen LogP contribution in [0.5, 0.6) is 0 Å². The molecule has 2 aromatic heterocycles. The van der Waals surface area contributed by atoms with E-state index in [1.165, 1.54) is 3.58 Å². The zero-order valence-corrected chi connectivity index (χ0v) is 26.8. The average molecular weight is 629 g/mol. The molecule has 0 unspecified atom stereocenters. The van der Waals surface area contributed by atoms with Gasteiger partial charge in [-0.15, -0.1) is 0 Å². The maximum atomic E-state index is 14.3. The van der Waals surface area contributed by atoms with Crippen molar-refractivity contribution in [2.45, 2.75) is 116 Å². The Labute approximate surface area is 230 Å². The Bertz CT molecular complexity index is 1220. The summed E-state index contributed by atoms with van der Waals surface area (Å²) in [5.74, 6) is 1.74. The van der Waals surface area contributed by atoms with E-state index >= 15 is 0 Å². The van der Waals surface area contributed by atoms with Gasteiger partial charge in [0.25, 0.3) is 0 Å². The summed E-state index contributed by atoms with van der Waals surface area (Å²) in [6.45, 7) is 7.04. The van der Waals surface area contributed by atoms with Crippen molar-refractivity contribution in [1.82, 2.24) is 15.1 Å². The molecule has 38 heavy (non-hydrogen) atoms. The van der Waals surface area contributed by atoms with E-state index in [0.29, 0.717) is 31.6 Å². The van der Waals surface area contributed by atoms with E-state index in [4.69, 9.17) is 9.51 Å². The number of halogens is 1. The van der Waals surface area contributed by atoms with Gasteiger partial charge in [-0.1, -0.05) is 20.8 Å². The number of amides is 1. The molecule has 1 amide bonds. The summed E-state index contributed by atoms with van der Waals surface area (Å²) in [7, 11) is 0. The van der Waals surface area contributed by atoms with Crippen LogP contribution in [0.2, 0.25) is 14.8 Å². The number of fused-ring (bicyclic) bond motifs is 3. The first kappa shape index (κ1) is 26.7. The number of hydrogen-bond acceptors (Lipinski definition) is 5. The summed E-state index contributed by atoms with van der Waals surface area (Å²) < 4.78 is 21.3. The van der Waals surface area contributed by atoms with Crippen molar-refractivity contribution >= 4 is 33.6 Å². The fourth-order valence-electron chi connectivity index (χ4n) is 7.69. The molecule has 0 aromatic carbocycles. The molecule has 6 saturated carbocycles. The van der Waals surface area contributed by atoms with E-state index in [0.717, 1.165) is 56.6 Å². The Hall–Kier alpha value is -1.51. The van der Waals surface area contributed by atoms with E-state index in [9.17, 15) is 9.18 Å². The molecule has 4 bridgehead atoms. The number of carbonyl (C=O) groups excluding carboxylic acids is 1. The summed E-state index contributed by atoms with van der Waals surface area (Å²) in [5.41, 5.74) is -0.219. The molecule has 8 heteroatoms. The Morgan fingerprint density at radius 1 is 1.03 bits per heavy atom. The predicted molar refractivity (Wildman–Crippen MR) is 149 cm³/mol. The van der Waals surface area contributed by atoms with Crippen molar-refractivity contribution < 1.29 is 13.7 Å². The second kappa shape index (κ2) is 8.50. The topological polar surface area (TPSA) is 72.1 Å². The van der Waals surface area contributed by atoms with Crippen molar-refractivity contribution in [3.8, 4) is 0 Å². The zero-order valence-electron chi connectivity index (χ0n) is 24.0. The Kier molecular flexibility index (Phi) is 5.97. The van der Waals surface area contributed by atoms with Crippen LogP contribution in [0.25, 0.3) is 0 Å². The van der Waals surface area contributed by atoms with Crippen LogP contribution in [0.3, 0.4) is 0 Å². The normalized spacial score (nSPS) is 34.0. The van der Waals surface area contributed by atoms with Gasteiger partial charge in [0.15, 0.2) is 0 Å². The van der Waals surface area contributed by atoms with Gasteiger partial charge in [-0.3, -0.25) is 0 Å². The van der Waals surface area contributed by atoms with E-state index in [1.54, 1.807) is 0 Å². The predicted octanol–water partition coefficient (Wildman–Crippen LogP) is 6.21. The minimum absolute atomic E-state index is 0.00690. The third kappa shape index (κ3) is 4.52. The Balaban J connectivity index is 1.23. The van der Waals surface area contributed by atoms with E-state index < -0.39 is 24.0 Å². The number of hydrogen-bond donors (Lipinski definition) is 0. The number of alkyl halides is 1. The van der Waals surface area contributed by atoms with Crippen LogP contribution in [0, 0.1) is 10.8 Å². The monoisotopic (exact) mass is 630 g/mol. The molecular formula is C30H43FN4O2Sn. The second-order valence-electron chi connectivity index (χ2n) is 15.5. The number of carbonyl (C=O) groups is 1. The van der Waals surface area contributed by atoms with E-state index in [1.807, 2.05) is 17.3 Å². The van der Waals surface area contributed by atoms with Crippen molar-refractivity contribution in [2.75, 3.05) is 11.4 Å². The molecule has 0 N–H and O–H groups in total. The number of aromatic nitrogens is 3. The van der Waals surface area contributed by atoms with Crippen LogP contribution >= 0.6 is 0 Å². The second-order valence-corrected chi connectivity index (χ2v) is 30.0. The van der Waals surface area contributed by atoms with Gasteiger partial charge in [-0.2, -0.15) is 0 Å². The van der Waals surface area contributed by atoms with Gasteiger partial charge < -0.3 is 0 Å². The summed E-state index contributed by atoms with van der Waals surface area (Å²) >= 11 is -2.38. The molecule has 206 valence electrons. The summed E-state index contributed by atoms with van der Waals surface area (Å²) in [6.07, 6.45) is 12.3. The first-order valence-corrected chi connectivity index (χ1v) is 24.4. The van der Waals surface area contributed by atoms with Crippen LogP contribution < -0.4 is 8.48 Å². The van der Waals surface area contributed by atoms with Crippen LogP contribution in [0.4, 0.5) is 10.1 Å². The van der Waals surface area contributed by atoms with Crippen molar-refractivity contribution in [3.63, 3.8) is 0 Å². The standard InChI is InChI=1S/C27H34FN4O2.3CH3.Sn/c1-23(2,3)22-30-21(31-34-22)26-9-6-24(7-10-26,8-11-26)18-32(19-5-4-12-29-14-19)20(33)13-25-15-27(28,16-25)17-25;;;;/h5,12,14H,6-11,13,15-18H2,1-3H3;3*1H3;. The molecule has 0 saturated heterocycles. The van der Waals surface area contributed by atoms with Crippen molar-refractivity contribution in [3.05, 3.63) is 30.2 Å². The first-order valence-electron chi connectivity index (χ1n) is 14.4. The Morgan fingerprint density at radius 2 is 1.66 bits per heavy atom. The van der Waals surface area contributed by atoms with Crippen LogP contribution in [-0.4, -0.2) is 51.6 Å². The summed E-state index contributed by atoms with van der Waals surface area (Å²) in [5, 5.41) is 4.45. The Morgan fingerprint density at radius 3 is 2.18 bits per heavy atom. The van der Waals surface area contributed by atoms with Gasteiger partial charge in [-0.25, -0.2) is 0 Å². The zero-order chi connectivity index (χ0) is 27.2.